The second-order valence-corrected chi connectivity index (χ2v) is 8.65. The van der Waals surface area contributed by atoms with Gasteiger partial charge in [-0.1, -0.05) is 6.07 Å². The summed E-state index contributed by atoms with van der Waals surface area (Å²) in [6.45, 7) is 0. The van der Waals surface area contributed by atoms with Gasteiger partial charge < -0.3 is 15.7 Å². The smallest absolute Gasteiger partial charge is 0.243 e. The Labute approximate surface area is 168 Å². The number of carbonyl (C=O) groups is 1. The molecule has 2 fully saturated rings. The first-order valence-corrected chi connectivity index (χ1v) is 10.5. The van der Waals surface area contributed by atoms with Gasteiger partial charge in [0.05, 0.1) is 5.69 Å². The minimum absolute atomic E-state index is 0.115. The molecule has 6 nitrogen and oxygen atoms in total. The minimum Gasteiger partial charge on any atom is -0.507 e. The first-order valence-electron chi connectivity index (χ1n) is 9.60. The van der Waals surface area contributed by atoms with Crippen molar-refractivity contribution in [2.45, 2.75) is 48.0 Å². The molecule has 1 amide bonds. The van der Waals surface area contributed by atoms with Crippen LogP contribution in [-0.2, 0) is 4.79 Å². The zero-order valence-electron chi connectivity index (χ0n) is 15.8. The van der Waals surface area contributed by atoms with E-state index in [4.69, 9.17) is 0 Å². The molecule has 7 heteroatoms. The number of hydrogen-bond donors (Lipinski definition) is 3. The van der Waals surface area contributed by atoms with E-state index in [1.807, 2.05) is 30.0 Å². The number of amides is 1. The molecule has 0 aliphatic carbocycles. The van der Waals surface area contributed by atoms with E-state index >= 15 is 0 Å². The van der Waals surface area contributed by atoms with Gasteiger partial charge in [0.2, 0.25) is 5.91 Å². The number of piperidine rings is 1. The van der Waals surface area contributed by atoms with Crippen molar-refractivity contribution in [1.82, 2.24) is 20.8 Å². The van der Waals surface area contributed by atoms with E-state index in [1.54, 1.807) is 25.3 Å². The van der Waals surface area contributed by atoms with Crippen molar-refractivity contribution in [3.05, 3.63) is 42.0 Å². The number of carbonyl (C=O) groups excluding carboxylic acids is 1. The molecule has 1 aromatic heterocycles. The number of thioether (sulfide) groups is 1. The summed E-state index contributed by atoms with van der Waals surface area (Å²) in [5, 5.41) is 26.7. The van der Waals surface area contributed by atoms with Crippen LogP contribution in [0.5, 0.6) is 5.75 Å². The largest absolute Gasteiger partial charge is 0.507 e. The molecule has 2 aliphatic heterocycles. The van der Waals surface area contributed by atoms with Gasteiger partial charge in [0.25, 0.3) is 0 Å². The molecule has 1 aromatic carbocycles. The van der Waals surface area contributed by atoms with E-state index in [9.17, 15) is 9.90 Å². The van der Waals surface area contributed by atoms with Crippen molar-refractivity contribution in [3.8, 4) is 17.0 Å². The molecule has 2 bridgehead atoms. The quantitative estimate of drug-likeness (QED) is 0.674. The lowest BCUT2D eigenvalue weighted by atomic mass is 10.1. The molecule has 4 rings (SSSR count). The van der Waals surface area contributed by atoms with E-state index in [0.29, 0.717) is 28.6 Å². The summed E-state index contributed by atoms with van der Waals surface area (Å²) in [4.78, 5) is 11.3. The van der Waals surface area contributed by atoms with Crippen molar-refractivity contribution in [3.63, 3.8) is 0 Å². The zero-order valence-corrected chi connectivity index (χ0v) is 16.6. The average Bonchev–Trinajstić information content (AvgIpc) is 3.05. The molecule has 0 radical (unpaired) electrons. The molecule has 0 spiro atoms. The summed E-state index contributed by atoms with van der Waals surface area (Å²) in [7, 11) is 1.57. The lowest BCUT2D eigenvalue weighted by molar-refractivity contribution is -0.115. The third-order valence-electron chi connectivity index (χ3n) is 5.33. The number of benzene rings is 1. The zero-order chi connectivity index (χ0) is 19.5. The molecule has 1 unspecified atom stereocenters. The Balaban J connectivity index is 1.43. The molecule has 3 atom stereocenters. The second kappa shape index (κ2) is 8.32. The van der Waals surface area contributed by atoms with Crippen molar-refractivity contribution < 1.29 is 9.90 Å². The Morgan fingerprint density at radius 2 is 2.00 bits per heavy atom. The fourth-order valence-electron chi connectivity index (χ4n) is 3.92. The summed E-state index contributed by atoms with van der Waals surface area (Å²) in [6.07, 6.45) is 8.04. The molecule has 2 saturated heterocycles. The van der Waals surface area contributed by atoms with Crippen LogP contribution < -0.4 is 10.6 Å². The highest BCUT2D eigenvalue weighted by atomic mass is 32.2. The third kappa shape index (κ3) is 4.36. The minimum atomic E-state index is -0.190. The topological polar surface area (TPSA) is 87.1 Å². The predicted octanol–water partition coefficient (Wildman–Crippen LogP) is 2.98. The number of aromatic hydroxyl groups is 1. The molecule has 2 aliphatic rings. The van der Waals surface area contributed by atoms with Gasteiger partial charge in [-0.25, -0.2) is 0 Å². The first kappa shape index (κ1) is 19.0. The van der Waals surface area contributed by atoms with Crippen LogP contribution in [0.4, 0.5) is 0 Å². The molecular formula is C21H24N4O2S. The van der Waals surface area contributed by atoms with Crippen LogP contribution in [0.1, 0.15) is 31.2 Å². The van der Waals surface area contributed by atoms with Crippen LogP contribution in [0.25, 0.3) is 17.3 Å². The lowest BCUT2D eigenvalue weighted by Gasteiger charge is -2.28. The monoisotopic (exact) mass is 396 g/mol. The Morgan fingerprint density at radius 1 is 1.21 bits per heavy atom. The standard InChI is InChI=1S/C21H24N4O2S/c1-22-20(27)8-3-13-2-6-17(19(26)10-13)18-7-9-21(25-24-18)28-16-11-14-4-5-15(12-16)23-14/h2-3,6-10,14-16,23,26H,4-5,11-12H2,1H3,(H,22,27)/b8-3+/t14-,15+,16?. The van der Waals surface area contributed by atoms with Gasteiger partial charge >= 0.3 is 0 Å². The van der Waals surface area contributed by atoms with Gasteiger partial charge in [-0.3, -0.25) is 4.79 Å². The van der Waals surface area contributed by atoms with Crippen molar-refractivity contribution in [1.29, 1.82) is 0 Å². The lowest BCUT2D eigenvalue weighted by Crippen LogP contribution is -2.39. The van der Waals surface area contributed by atoms with E-state index in [1.165, 1.54) is 31.8 Å². The highest BCUT2D eigenvalue weighted by molar-refractivity contribution is 7.99. The second-order valence-electron chi connectivity index (χ2n) is 7.33. The Morgan fingerprint density at radius 3 is 2.64 bits per heavy atom. The van der Waals surface area contributed by atoms with Crippen LogP contribution in [0, 0.1) is 0 Å². The fraction of sp³-hybridized carbons (Fsp3) is 0.381. The SMILES string of the molecule is CNC(=O)/C=C/c1ccc(-c2ccc(SC3C[C@H]4CC[C@@H](C3)N4)nn2)c(O)c1. The van der Waals surface area contributed by atoms with Gasteiger partial charge in [0, 0.05) is 36.0 Å². The van der Waals surface area contributed by atoms with Gasteiger partial charge in [0.1, 0.15) is 10.8 Å². The summed E-state index contributed by atoms with van der Waals surface area (Å²) >= 11 is 1.81. The van der Waals surface area contributed by atoms with Crippen LogP contribution >= 0.6 is 11.8 Å². The molecule has 0 saturated carbocycles. The van der Waals surface area contributed by atoms with Crippen molar-refractivity contribution in [2.75, 3.05) is 7.05 Å². The number of nitrogens with zero attached hydrogens (tertiary/aromatic N) is 2. The van der Waals surface area contributed by atoms with E-state index < -0.39 is 0 Å². The molecule has 28 heavy (non-hydrogen) atoms. The average molecular weight is 397 g/mol. The number of phenols is 1. The maximum atomic E-state index is 11.3. The Hall–Kier alpha value is -2.38. The normalized spacial score (nSPS) is 23.8. The maximum Gasteiger partial charge on any atom is 0.243 e. The van der Waals surface area contributed by atoms with Crippen molar-refractivity contribution in [2.24, 2.45) is 0 Å². The highest BCUT2D eigenvalue weighted by Crippen LogP contribution is 2.37. The highest BCUT2D eigenvalue weighted by Gasteiger charge is 2.34. The Kier molecular flexibility index (Phi) is 5.64. The molecular weight excluding hydrogens is 372 g/mol. The number of hydrogen-bond acceptors (Lipinski definition) is 6. The summed E-state index contributed by atoms with van der Waals surface area (Å²) in [6, 6.07) is 10.5. The van der Waals surface area contributed by atoms with Gasteiger partial charge in [-0.15, -0.1) is 22.0 Å². The number of phenolic OH excluding ortho intramolecular Hbond substituents is 1. The molecule has 146 valence electrons. The van der Waals surface area contributed by atoms with Crippen molar-refractivity contribution >= 4 is 23.7 Å². The van der Waals surface area contributed by atoms with Gasteiger partial charge in [-0.05, 0) is 61.6 Å². The van der Waals surface area contributed by atoms with E-state index in [-0.39, 0.29) is 11.7 Å². The summed E-state index contributed by atoms with van der Waals surface area (Å²) in [5.41, 5.74) is 2.00. The molecule has 3 heterocycles. The number of nitrogens with one attached hydrogen (secondary N) is 2. The van der Waals surface area contributed by atoms with Gasteiger partial charge in [-0.2, -0.15) is 0 Å². The molecule has 3 N–H and O–H groups in total. The van der Waals surface area contributed by atoms with Crippen LogP contribution in [0.15, 0.2) is 41.4 Å². The van der Waals surface area contributed by atoms with Gasteiger partial charge in [0.15, 0.2) is 0 Å². The number of fused-ring (bicyclic) bond motifs is 2. The first-order chi connectivity index (χ1) is 13.6. The van der Waals surface area contributed by atoms with Crippen LogP contribution in [0.3, 0.4) is 0 Å². The third-order valence-corrected chi connectivity index (χ3v) is 6.51. The Bertz CT molecular complexity index is 872. The molecule has 2 aromatic rings. The number of rotatable bonds is 5. The van der Waals surface area contributed by atoms with E-state index in [2.05, 4.69) is 20.8 Å². The number of aromatic nitrogens is 2. The van der Waals surface area contributed by atoms with E-state index in [0.717, 1.165) is 10.6 Å². The maximum absolute atomic E-state index is 11.3. The van der Waals surface area contributed by atoms with Crippen LogP contribution in [0.2, 0.25) is 0 Å². The number of likely N-dealkylation sites (N-methyl/N-ethyl adjacent to an activating group) is 1. The van der Waals surface area contributed by atoms with Crippen LogP contribution in [-0.4, -0.2) is 45.6 Å². The summed E-state index contributed by atoms with van der Waals surface area (Å²) < 4.78 is 0. The fourth-order valence-corrected chi connectivity index (χ4v) is 5.16. The summed E-state index contributed by atoms with van der Waals surface area (Å²) in [5.74, 6) is -0.0760. The predicted molar refractivity (Wildman–Crippen MR) is 111 cm³/mol.